The third kappa shape index (κ3) is 6.39. The SMILES string of the molecule is CCOc1cnn(-c2ccc(Cl)cc2)c(=O)c1Nc1cccc(C(=O)NCCN2CCOCC2)c1. The van der Waals surface area contributed by atoms with Crippen LogP contribution in [0.1, 0.15) is 17.3 Å². The monoisotopic (exact) mass is 497 g/mol. The summed E-state index contributed by atoms with van der Waals surface area (Å²) < 4.78 is 12.3. The van der Waals surface area contributed by atoms with E-state index in [1.165, 1.54) is 10.9 Å². The van der Waals surface area contributed by atoms with Crippen LogP contribution in [0.15, 0.2) is 59.5 Å². The lowest BCUT2D eigenvalue weighted by Gasteiger charge is -2.26. The fourth-order valence-corrected chi connectivity index (χ4v) is 3.85. The van der Waals surface area contributed by atoms with Gasteiger partial charge in [-0.05, 0) is 49.4 Å². The molecule has 1 amide bonds. The Morgan fingerprint density at radius 3 is 2.69 bits per heavy atom. The van der Waals surface area contributed by atoms with Crippen LogP contribution >= 0.6 is 11.6 Å². The number of nitrogens with one attached hydrogen (secondary N) is 2. The molecule has 0 spiro atoms. The fraction of sp³-hybridized carbons (Fsp3) is 0.320. The molecule has 1 saturated heterocycles. The lowest BCUT2D eigenvalue weighted by atomic mass is 10.2. The van der Waals surface area contributed by atoms with E-state index in [0.717, 1.165) is 32.8 Å². The second-order valence-corrected chi connectivity index (χ2v) is 8.36. The van der Waals surface area contributed by atoms with Crippen LogP contribution in [-0.4, -0.2) is 66.6 Å². The Morgan fingerprint density at radius 1 is 1.17 bits per heavy atom. The van der Waals surface area contributed by atoms with Gasteiger partial charge in [-0.1, -0.05) is 17.7 Å². The molecule has 9 nitrogen and oxygen atoms in total. The molecule has 1 aromatic heterocycles. The molecule has 0 saturated carbocycles. The average molecular weight is 498 g/mol. The van der Waals surface area contributed by atoms with Gasteiger partial charge in [0.15, 0.2) is 11.4 Å². The largest absolute Gasteiger partial charge is 0.490 e. The topological polar surface area (TPSA) is 97.7 Å². The molecule has 0 bridgehead atoms. The van der Waals surface area contributed by atoms with Crippen molar-refractivity contribution in [2.75, 3.05) is 51.3 Å². The van der Waals surface area contributed by atoms with Crippen molar-refractivity contribution in [2.24, 2.45) is 0 Å². The van der Waals surface area contributed by atoms with Gasteiger partial charge >= 0.3 is 0 Å². The molecule has 2 heterocycles. The van der Waals surface area contributed by atoms with E-state index in [2.05, 4.69) is 20.6 Å². The summed E-state index contributed by atoms with van der Waals surface area (Å²) >= 11 is 5.98. The first-order valence-corrected chi connectivity index (χ1v) is 11.9. The highest BCUT2D eigenvalue weighted by Crippen LogP contribution is 2.25. The highest BCUT2D eigenvalue weighted by atomic mass is 35.5. The first-order valence-electron chi connectivity index (χ1n) is 11.5. The van der Waals surface area contributed by atoms with Gasteiger partial charge in [0.2, 0.25) is 0 Å². The Bertz CT molecular complexity index is 1210. The summed E-state index contributed by atoms with van der Waals surface area (Å²) in [6.07, 6.45) is 1.49. The van der Waals surface area contributed by atoms with E-state index in [1.807, 2.05) is 6.92 Å². The first kappa shape index (κ1) is 24.7. The maximum Gasteiger partial charge on any atom is 0.299 e. The van der Waals surface area contributed by atoms with E-state index < -0.39 is 5.56 Å². The van der Waals surface area contributed by atoms with E-state index in [1.54, 1.807) is 48.5 Å². The maximum absolute atomic E-state index is 13.3. The number of hydrogen-bond acceptors (Lipinski definition) is 7. The van der Waals surface area contributed by atoms with Gasteiger partial charge in [-0.3, -0.25) is 14.5 Å². The third-order valence-electron chi connectivity index (χ3n) is 5.53. The average Bonchev–Trinajstić information content (AvgIpc) is 2.88. The van der Waals surface area contributed by atoms with Crippen LogP contribution in [0.3, 0.4) is 0 Å². The number of aromatic nitrogens is 2. The fourth-order valence-electron chi connectivity index (χ4n) is 3.72. The zero-order valence-electron chi connectivity index (χ0n) is 19.5. The number of anilines is 2. The third-order valence-corrected chi connectivity index (χ3v) is 5.78. The summed E-state index contributed by atoms with van der Waals surface area (Å²) in [5, 5.41) is 10.9. The lowest BCUT2D eigenvalue weighted by Crippen LogP contribution is -2.41. The molecule has 1 fully saturated rings. The highest BCUT2D eigenvalue weighted by molar-refractivity contribution is 6.30. The highest BCUT2D eigenvalue weighted by Gasteiger charge is 2.16. The minimum absolute atomic E-state index is 0.180. The van der Waals surface area contributed by atoms with Crippen LogP contribution < -0.4 is 20.9 Å². The Morgan fingerprint density at radius 2 is 1.94 bits per heavy atom. The van der Waals surface area contributed by atoms with Crippen molar-refractivity contribution < 1.29 is 14.3 Å². The Labute approximate surface area is 208 Å². The van der Waals surface area contributed by atoms with Crippen molar-refractivity contribution in [1.29, 1.82) is 0 Å². The van der Waals surface area contributed by atoms with Crippen molar-refractivity contribution in [2.45, 2.75) is 6.92 Å². The molecule has 2 N–H and O–H groups in total. The second-order valence-electron chi connectivity index (χ2n) is 7.93. The maximum atomic E-state index is 13.3. The van der Waals surface area contributed by atoms with E-state index in [4.69, 9.17) is 21.1 Å². The Hall–Kier alpha value is -3.40. The van der Waals surface area contributed by atoms with Crippen molar-refractivity contribution in [1.82, 2.24) is 20.0 Å². The molecule has 0 unspecified atom stereocenters. The van der Waals surface area contributed by atoms with Crippen LogP contribution in [0, 0.1) is 0 Å². The Kier molecular flexibility index (Phi) is 8.36. The standard InChI is InChI=1S/C25H28ClN5O4/c1-2-35-22-17-28-31(21-8-6-19(26)7-9-21)25(33)23(22)29-20-5-3-4-18(16-20)24(32)27-10-11-30-12-14-34-15-13-30/h3-9,16-17,29H,2,10-15H2,1H3,(H,27,32). The van der Waals surface area contributed by atoms with Crippen molar-refractivity contribution in [3.63, 3.8) is 0 Å². The molecule has 2 aromatic carbocycles. The molecule has 0 radical (unpaired) electrons. The summed E-state index contributed by atoms with van der Waals surface area (Å²) in [4.78, 5) is 28.3. The smallest absolute Gasteiger partial charge is 0.299 e. The number of halogens is 1. The van der Waals surface area contributed by atoms with Crippen LogP contribution in [0.5, 0.6) is 5.75 Å². The molecule has 0 atom stereocenters. The van der Waals surface area contributed by atoms with Gasteiger partial charge in [0, 0.05) is 42.5 Å². The quantitative estimate of drug-likeness (QED) is 0.469. The summed E-state index contributed by atoms with van der Waals surface area (Å²) in [6, 6.07) is 13.8. The number of morpholine rings is 1. The van der Waals surface area contributed by atoms with Gasteiger partial charge in [-0.2, -0.15) is 9.78 Å². The first-order chi connectivity index (χ1) is 17.0. The summed E-state index contributed by atoms with van der Waals surface area (Å²) in [5.41, 5.74) is 1.47. The van der Waals surface area contributed by atoms with Crippen molar-refractivity contribution >= 4 is 28.9 Å². The Balaban J connectivity index is 1.51. The minimum Gasteiger partial charge on any atom is -0.490 e. The number of ether oxygens (including phenoxy) is 2. The number of benzene rings is 2. The number of amides is 1. The van der Waals surface area contributed by atoms with E-state index >= 15 is 0 Å². The van der Waals surface area contributed by atoms with Gasteiger partial charge in [-0.25, -0.2) is 0 Å². The molecule has 3 aromatic rings. The van der Waals surface area contributed by atoms with Crippen LogP contribution in [0.2, 0.25) is 5.02 Å². The summed E-state index contributed by atoms with van der Waals surface area (Å²) in [6.45, 7) is 6.70. The molecule has 0 aliphatic carbocycles. The number of nitrogens with zero attached hydrogens (tertiary/aromatic N) is 3. The number of hydrogen-bond donors (Lipinski definition) is 2. The molecule has 4 rings (SSSR count). The molecule has 10 heteroatoms. The van der Waals surface area contributed by atoms with Gasteiger partial charge in [0.25, 0.3) is 11.5 Å². The predicted octanol–water partition coefficient (Wildman–Crippen LogP) is 3.09. The van der Waals surface area contributed by atoms with Crippen LogP contribution in [-0.2, 0) is 4.74 Å². The molecule has 35 heavy (non-hydrogen) atoms. The zero-order valence-corrected chi connectivity index (χ0v) is 20.3. The molecular formula is C25H28ClN5O4. The number of carbonyl (C=O) groups is 1. The van der Waals surface area contributed by atoms with Gasteiger partial charge in [0.05, 0.1) is 31.7 Å². The molecular weight excluding hydrogens is 470 g/mol. The van der Waals surface area contributed by atoms with Crippen LogP contribution in [0.25, 0.3) is 5.69 Å². The number of carbonyl (C=O) groups excluding carboxylic acids is 1. The van der Waals surface area contributed by atoms with Gasteiger partial charge in [-0.15, -0.1) is 0 Å². The molecule has 184 valence electrons. The summed E-state index contributed by atoms with van der Waals surface area (Å²) in [5.74, 6) is 0.142. The van der Waals surface area contributed by atoms with E-state index in [0.29, 0.717) is 40.9 Å². The van der Waals surface area contributed by atoms with Crippen molar-refractivity contribution in [3.8, 4) is 11.4 Å². The van der Waals surface area contributed by atoms with E-state index in [-0.39, 0.29) is 11.6 Å². The predicted molar refractivity (Wildman–Crippen MR) is 135 cm³/mol. The molecule has 1 aliphatic rings. The zero-order chi connectivity index (χ0) is 24.6. The summed E-state index contributed by atoms with van der Waals surface area (Å²) in [7, 11) is 0. The van der Waals surface area contributed by atoms with Gasteiger partial charge < -0.3 is 20.1 Å². The normalized spacial score (nSPS) is 13.9. The second kappa shape index (κ2) is 11.8. The molecule has 1 aliphatic heterocycles. The van der Waals surface area contributed by atoms with Gasteiger partial charge in [0.1, 0.15) is 0 Å². The minimum atomic E-state index is -0.390. The number of rotatable bonds is 9. The lowest BCUT2D eigenvalue weighted by molar-refractivity contribution is 0.0383. The van der Waals surface area contributed by atoms with Crippen molar-refractivity contribution in [3.05, 3.63) is 75.7 Å². The van der Waals surface area contributed by atoms with E-state index in [9.17, 15) is 9.59 Å². The van der Waals surface area contributed by atoms with Crippen LogP contribution in [0.4, 0.5) is 11.4 Å².